The summed E-state index contributed by atoms with van der Waals surface area (Å²) in [5.74, 6) is -0.305. The first-order valence-electron chi connectivity index (χ1n) is 10.4. The molecule has 1 aromatic heterocycles. The van der Waals surface area contributed by atoms with Gasteiger partial charge in [-0.15, -0.1) is 0 Å². The lowest BCUT2D eigenvalue weighted by molar-refractivity contribution is -0.121. The number of carbonyl (C=O) groups is 2. The Balaban J connectivity index is 1.61. The number of sulfonamides is 1. The Hall–Kier alpha value is -3.50. The summed E-state index contributed by atoms with van der Waals surface area (Å²) >= 11 is 0. The van der Waals surface area contributed by atoms with Gasteiger partial charge in [0.25, 0.3) is 5.91 Å². The van der Waals surface area contributed by atoms with Crippen LogP contribution in [0.1, 0.15) is 35.6 Å². The van der Waals surface area contributed by atoms with E-state index in [9.17, 15) is 18.0 Å². The summed E-state index contributed by atoms with van der Waals surface area (Å²) in [5, 5.41) is 5.38. The topological polar surface area (TPSA) is 124 Å². The van der Waals surface area contributed by atoms with Gasteiger partial charge in [0.15, 0.2) is 0 Å². The summed E-state index contributed by atoms with van der Waals surface area (Å²) < 4.78 is 25.6. The molecule has 0 radical (unpaired) electrons. The van der Waals surface area contributed by atoms with Gasteiger partial charge in [0, 0.05) is 19.7 Å². The predicted molar refractivity (Wildman–Crippen MR) is 125 cm³/mol. The van der Waals surface area contributed by atoms with E-state index in [1.165, 1.54) is 38.4 Å². The fraction of sp³-hybridized carbons (Fsp3) is 0.261. The van der Waals surface area contributed by atoms with Crippen LogP contribution < -0.4 is 10.6 Å². The molecule has 0 aliphatic rings. The number of carbonyl (C=O) groups excluding carboxylic acids is 2. The van der Waals surface area contributed by atoms with Crippen molar-refractivity contribution in [2.45, 2.75) is 24.3 Å². The lowest BCUT2D eigenvalue weighted by Crippen LogP contribution is -2.38. The van der Waals surface area contributed by atoms with Gasteiger partial charge in [-0.1, -0.05) is 43.3 Å². The summed E-state index contributed by atoms with van der Waals surface area (Å²) in [5.41, 5.74) is 1.98. The van der Waals surface area contributed by atoms with Crippen LogP contribution in [0.2, 0.25) is 0 Å². The van der Waals surface area contributed by atoms with E-state index >= 15 is 0 Å². The van der Waals surface area contributed by atoms with Crippen LogP contribution in [0.4, 0.5) is 0 Å². The molecular formula is C23H27N5O4S. The average Bonchev–Trinajstić information content (AvgIpc) is 3.31. The number of hydrogen-bond acceptors (Lipinski definition) is 5. The molecule has 2 amide bonds. The molecule has 3 aromatic rings. The Morgan fingerprint density at radius 1 is 1.09 bits per heavy atom. The molecule has 3 N–H and O–H groups in total. The molecular weight excluding hydrogens is 442 g/mol. The summed E-state index contributed by atoms with van der Waals surface area (Å²) in [6, 6.07) is 15.1. The molecule has 0 fully saturated rings. The maximum Gasteiger partial charge on any atom is 0.251 e. The van der Waals surface area contributed by atoms with E-state index < -0.39 is 15.9 Å². The van der Waals surface area contributed by atoms with E-state index in [1.54, 1.807) is 6.20 Å². The minimum atomic E-state index is -3.67. The lowest BCUT2D eigenvalue weighted by atomic mass is 10.2. The van der Waals surface area contributed by atoms with E-state index in [2.05, 4.69) is 20.6 Å². The Bertz CT molecular complexity index is 1220. The van der Waals surface area contributed by atoms with Gasteiger partial charge in [-0.3, -0.25) is 9.59 Å². The van der Waals surface area contributed by atoms with Crippen molar-refractivity contribution in [1.82, 2.24) is 24.9 Å². The molecule has 0 aliphatic carbocycles. The number of aromatic amines is 1. The average molecular weight is 470 g/mol. The SMILES string of the molecule is CCC(NC(=O)CNC(=O)c1cccc(S(=O)(=O)N(C)C)c1)c1ncc(-c2ccccc2)[nH]1. The van der Waals surface area contributed by atoms with E-state index in [0.717, 1.165) is 15.6 Å². The van der Waals surface area contributed by atoms with Crippen molar-refractivity contribution >= 4 is 21.8 Å². The number of benzene rings is 2. The Morgan fingerprint density at radius 2 is 1.82 bits per heavy atom. The first-order valence-corrected chi connectivity index (χ1v) is 11.9. The smallest absolute Gasteiger partial charge is 0.251 e. The number of H-pyrrole nitrogens is 1. The quantitative estimate of drug-likeness (QED) is 0.444. The van der Waals surface area contributed by atoms with Crippen LogP contribution in [-0.2, 0) is 14.8 Å². The van der Waals surface area contributed by atoms with E-state index in [1.807, 2.05) is 37.3 Å². The highest BCUT2D eigenvalue weighted by atomic mass is 32.2. The van der Waals surface area contributed by atoms with Crippen LogP contribution in [0.3, 0.4) is 0 Å². The van der Waals surface area contributed by atoms with Gasteiger partial charge in [-0.2, -0.15) is 0 Å². The summed E-state index contributed by atoms with van der Waals surface area (Å²) in [4.78, 5) is 32.5. The monoisotopic (exact) mass is 469 g/mol. The summed E-state index contributed by atoms with van der Waals surface area (Å²) in [6.07, 6.45) is 2.32. The lowest BCUT2D eigenvalue weighted by Gasteiger charge is -2.15. The molecule has 174 valence electrons. The minimum Gasteiger partial charge on any atom is -0.345 e. The molecule has 1 atom stereocenters. The molecule has 33 heavy (non-hydrogen) atoms. The van der Waals surface area contributed by atoms with Crippen LogP contribution >= 0.6 is 0 Å². The van der Waals surface area contributed by atoms with Crippen molar-refractivity contribution in [3.8, 4) is 11.3 Å². The molecule has 10 heteroatoms. The normalized spacial score (nSPS) is 12.4. The molecule has 9 nitrogen and oxygen atoms in total. The standard InChI is InChI=1S/C23H27N5O4S/c1-4-19(22-24-14-20(27-22)16-9-6-5-7-10-16)26-21(29)15-25-23(30)17-11-8-12-18(13-17)33(31,32)28(2)3/h5-14,19H,4,15H2,1-3H3,(H,24,27)(H,25,30)(H,26,29). The van der Waals surface area contributed by atoms with Crippen molar-refractivity contribution in [3.05, 3.63) is 72.2 Å². The van der Waals surface area contributed by atoms with E-state index in [4.69, 9.17) is 0 Å². The molecule has 0 saturated carbocycles. The van der Waals surface area contributed by atoms with Crippen LogP contribution in [-0.4, -0.2) is 55.1 Å². The molecule has 0 spiro atoms. The first-order chi connectivity index (χ1) is 15.7. The third kappa shape index (κ3) is 5.85. The number of hydrogen-bond donors (Lipinski definition) is 3. The van der Waals surface area contributed by atoms with Crippen LogP contribution in [0.5, 0.6) is 0 Å². The number of nitrogens with one attached hydrogen (secondary N) is 3. The van der Waals surface area contributed by atoms with Gasteiger partial charge >= 0.3 is 0 Å². The van der Waals surface area contributed by atoms with Crippen molar-refractivity contribution in [2.24, 2.45) is 0 Å². The van der Waals surface area contributed by atoms with Crippen LogP contribution in [0, 0.1) is 0 Å². The molecule has 1 unspecified atom stereocenters. The van der Waals surface area contributed by atoms with E-state index in [0.29, 0.717) is 12.2 Å². The second-order valence-electron chi connectivity index (χ2n) is 7.57. The maximum absolute atomic E-state index is 12.5. The highest BCUT2D eigenvalue weighted by molar-refractivity contribution is 7.89. The number of amides is 2. The predicted octanol–water partition coefficient (Wildman–Crippen LogP) is 2.32. The third-order valence-electron chi connectivity index (χ3n) is 5.04. The van der Waals surface area contributed by atoms with Crippen LogP contribution in [0.25, 0.3) is 11.3 Å². The number of imidazole rings is 1. The zero-order valence-electron chi connectivity index (χ0n) is 18.7. The Morgan fingerprint density at radius 3 is 2.48 bits per heavy atom. The zero-order chi connectivity index (χ0) is 24.0. The second-order valence-corrected chi connectivity index (χ2v) is 9.73. The second kappa shape index (κ2) is 10.4. The van der Waals surface area contributed by atoms with Crippen LogP contribution in [0.15, 0.2) is 65.7 Å². The Kier molecular flexibility index (Phi) is 7.62. The van der Waals surface area contributed by atoms with Crippen molar-refractivity contribution in [1.29, 1.82) is 0 Å². The Labute approximate surface area is 193 Å². The van der Waals surface area contributed by atoms with Gasteiger partial charge in [-0.25, -0.2) is 17.7 Å². The van der Waals surface area contributed by atoms with Crippen molar-refractivity contribution in [2.75, 3.05) is 20.6 Å². The maximum atomic E-state index is 12.5. The molecule has 0 saturated heterocycles. The van der Waals surface area contributed by atoms with Crippen molar-refractivity contribution in [3.63, 3.8) is 0 Å². The van der Waals surface area contributed by atoms with Gasteiger partial charge in [0.1, 0.15) is 5.82 Å². The summed E-state index contributed by atoms with van der Waals surface area (Å²) in [7, 11) is -0.839. The molecule has 2 aromatic carbocycles. The number of nitrogens with zero attached hydrogens (tertiary/aromatic N) is 2. The van der Waals surface area contributed by atoms with E-state index in [-0.39, 0.29) is 29.0 Å². The molecule has 1 heterocycles. The highest BCUT2D eigenvalue weighted by Gasteiger charge is 2.20. The third-order valence-corrected chi connectivity index (χ3v) is 6.85. The largest absolute Gasteiger partial charge is 0.345 e. The first kappa shape index (κ1) is 24.1. The van der Waals surface area contributed by atoms with Gasteiger partial charge < -0.3 is 15.6 Å². The minimum absolute atomic E-state index is 0.00249. The van der Waals surface area contributed by atoms with Gasteiger partial charge in [0.2, 0.25) is 15.9 Å². The highest BCUT2D eigenvalue weighted by Crippen LogP contribution is 2.20. The zero-order valence-corrected chi connectivity index (χ0v) is 19.5. The van der Waals surface area contributed by atoms with Crippen molar-refractivity contribution < 1.29 is 18.0 Å². The molecule has 0 aliphatic heterocycles. The fourth-order valence-electron chi connectivity index (χ4n) is 3.16. The number of rotatable bonds is 9. The summed E-state index contributed by atoms with van der Waals surface area (Å²) in [6.45, 7) is 1.66. The number of aromatic nitrogens is 2. The van der Waals surface area contributed by atoms with Gasteiger partial charge in [0.05, 0.1) is 29.4 Å². The van der Waals surface area contributed by atoms with Gasteiger partial charge in [-0.05, 0) is 30.2 Å². The molecule has 0 bridgehead atoms. The fourth-order valence-corrected chi connectivity index (χ4v) is 4.11. The molecule has 3 rings (SSSR count).